The van der Waals surface area contributed by atoms with Gasteiger partial charge in [0.1, 0.15) is 0 Å². The lowest BCUT2D eigenvalue weighted by Crippen LogP contribution is -2.01. The molecule has 0 atom stereocenters. The van der Waals surface area contributed by atoms with Crippen molar-refractivity contribution in [1.29, 1.82) is 0 Å². The molecule has 13 aromatic rings. The van der Waals surface area contributed by atoms with Crippen LogP contribution in [0.5, 0.6) is 0 Å². The minimum absolute atomic E-state index is 0.629. The average molecular weight is 822 g/mol. The van der Waals surface area contributed by atoms with Crippen LogP contribution in [0.4, 0.5) is 0 Å². The third-order valence-corrected chi connectivity index (χ3v) is 13.6. The van der Waals surface area contributed by atoms with E-state index in [1.165, 1.54) is 63.9 Å². The molecule has 0 fully saturated rings. The molecule has 0 aliphatic heterocycles. The molecule has 4 heterocycles. The highest BCUT2D eigenvalue weighted by Gasteiger charge is 2.20. The van der Waals surface area contributed by atoms with E-state index in [1.54, 1.807) is 0 Å². The maximum Gasteiger partial charge on any atom is 0.164 e. The first kappa shape index (κ1) is 35.6. The molecular formula is C57H35N5S. The molecule has 0 N–H and O–H groups in total. The van der Waals surface area contributed by atoms with Crippen molar-refractivity contribution in [3.05, 3.63) is 212 Å². The number of benzene rings is 9. The Labute approximate surface area is 366 Å². The summed E-state index contributed by atoms with van der Waals surface area (Å²) in [5.74, 6) is 1.92. The number of para-hydroxylation sites is 2. The molecular weight excluding hydrogens is 787 g/mol. The fraction of sp³-hybridized carbons (Fsp3) is 0. The van der Waals surface area contributed by atoms with Crippen molar-refractivity contribution in [2.45, 2.75) is 0 Å². The van der Waals surface area contributed by atoms with Crippen molar-refractivity contribution >= 4 is 75.1 Å². The normalized spacial score (nSPS) is 11.8. The highest BCUT2D eigenvalue weighted by atomic mass is 32.1. The number of thiophene rings is 1. The van der Waals surface area contributed by atoms with Crippen LogP contribution in [0.1, 0.15) is 0 Å². The molecule has 0 saturated heterocycles. The summed E-state index contributed by atoms with van der Waals surface area (Å²) in [6.45, 7) is 0. The first-order valence-corrected chi connectivity index (χ1v) is 22.0. The zero-order valence-corrected chi connectivity index (χ0v) is 34.7. The Hall–Kier alpha value is -8.19. The van der Waals surface area contributed by atoms with Gasteiger partial charge in [-0.3, -0.25) is 0 Å². The van der Waals surface area contributed by atoms with E-state index in [4.69, 9.17) is 15.0 Å². The Kier molecular flexibility index (Phi) is 8.01. The lowest BCUT2D eigenvalue weighted by atomic mass is 10.00. The van der Waals surface area contributed by atoms with E-state index >= 15 is 0 Å². The number of fused-ring (bicyclic) bond motifs is 10. The van der Waals surface area contributed by atoms with Crippen LogP contribution in [0.3, 0.4) is 0 Å². The van der Waals surface area contributed by atoms with Crippen molar-refractivity contribution in [1.82, 2.24) is 24.1 Å². The van der Waals surface area contributed by atoms with Gasteiger partial charge >= 0.3 is 0 Å². The van der Waals surface area contributed by atoms with Crippen LogP contribution in [0.2, 0.25) is 0 Å². The molecule has 63 heavy (non-hydrogen) atoms. The highest BCUT2D eigenvalue weighted by molar-refractivity contribution is 7.26. The molecule has 294 valence electrons. The van der Waals surface area contributed by atoms with Gasteiger partial charge in [-0.2, -0.15) is 0 Å². The van der Waals surface area contributed by atoms with Gasteiger partial charge in [0.25, 0.3) is 0 Å². The molecule has 4 aromatic heterocycles. The molecule has 0 radical (unpaired) electrons. The molecule has 0 aliphatic carbocycles. The molecule has 5 nitrogen and oxygen atoms in total. The number of aromatic nitrogens is 5. The van der Waals surface area contributed by atoms with Crippen molar-refractivity contribution in [3.63, 3.8) is 0 Å². The Bertz CT molecular complexity index is 3850. The van der Waals surface area contributed by atoms with Gasteiger partial charge in [0.05, 0.1) is 22.1 Å². The smallest absolute Gasteiger partial charge is 0.164 e. The SMILES string of the molecule is c1ccc(-c2nc(-c3ccccc3)nc(-c3cccc(-n4c5ccccc5c5cc(-c6ccc7c(c6)c6c8sc9ccccc9c8ccc6n7-c6ccccc6)ccc54)c3)n2)cc1. The molecule has 9 aromatic carbocycles. The third kappa shape index (κ3) is 5.73. The van der Waals surface area contributed by atoms with Gasteiger partial charge in [-0.15, -0.1) is 11.3 Å². The van der Waals surface area contributed by atoms with E-state index in [-0.39, 0.29) is 0 Å². The van der Waals surface area contributed by atoms with Crippen molar-refractivity contribution < 1.29 is 0 Å². The van der Waals surface area contributed by atoms with Gasteiger partial charge in [0.2, 0.25) is 0 Å². The third-order valence-electron chi connectivity index (χ3n) is 12.4. The number of hydrogen-bond donors (Lipinski definition) is 0. The van der Waals surface area contributed by atoms with Crippen LogP contribution >= 0.6 is 11.3 Å². The van der Waals surface area contributed by atoms with Gasteiger partial charge < -0.3 is 9.13 Å². The molecule has 0 amide bonds. The van der Waals surface area contributed by atoms with Crippen LogP contribution < -0.4 is 0 Å². The standard InChI is InChI=1S/C57H35N5S/c1-4-15-36(16-5-1)55-58-56(37-17-6-2-7-18-37)60-57(59-55)40-19-14-22-42(33-40)62-48-25-12-10-23-43(48)46-34-38(27-30-49(46)62)39-28-31-50-47(35-39)53-51(61(50)41-20-8-3-9-21-41)32-29-45-44-24-11-13-26-52(44)63-54(45)53/h1-35H. The van der Waals surface area contributed by atoms with E-state index in [1.807, 2.05) is 72.0 Å². The van der Waals surface area contributed by atoms with Crippen LogP contribution in [-0.4, -0.2) is 24.1 Å². The van der Waals surface area contributed by atoms with Gasteiger partial charge in [0, 0.05) is 69.8 Å². The van der Waals surface area contributed by atoms with Crippen LogP contribution in [0.15, 0.2) is 212 Å². The summed E-state index contributed by atoms with van der Waals surface area (Å²) < 4.78 is 7.43. The molecule has 0 unspecified atom stereocenters. The zero-order chi connectivity index (χ0) is 41.4. The van der Waals surface area contributed by atoms with E-state index in [0.717, 1.165) is 39.1 Å². The van der Waals surface area contributed by atoms with Gasteiger partial charge in [-0.1, -0.05) is 146 Å². The second kappa shape index (κ2) is 14.2. The summed E-state index contributed by atoms with van der Waals surface area (Å²) in [7, 11) is 0. The topological polar surface area (TPSA) is 48.5 Å². The quantitative estimate of drug-likeness (QED) is 0.168. The molecule has 0 bridgehead atoms. The lowest BCUT2D eigenvalue weighted by molar-refractivity contribution is 1.07. The summed E-state index contributed by atoms with van der Waals surface area (Å²) in [5.41, 5.74) is 12.1. The Balaban J connectivity index is 0.973. The Morgan fingerprint density at radius 3 is 1.52 bits per heavy atom. The Morgan fingerprint density at radius 1 is 0.302 bits per heavy atom. The van der Waals surface area contributed by atoms with Crippen molar-refractivity contribution in [3.8, 4) is 56.7 Å². The summed E-state index contributed by atoms with van der Waals surface area (Å²) in [6, 6.07) is 75.6. The first-order valence-electron chi connectivity index (χ1n) is 21.2. The molecule has 0 spiro atoms. The maximum atomic E-state index is 5.05. The summed E-state index contributed by atoms with van der Waals surface area (Å²) in [4.78, 5) is 15.0. The summed E-state index contributed by atoms with van der Waals surface area (Å²) in [6.07, 6.45) is 0. The summed E-state index contributed by atoms with van der Waals surface area (Å²) in [5, 5.41) is 7.58. The zero-order valence-electron chi connectivity index (χ0n) is 33.9. The minimum atomic E-state index is 0.629. The molecule has 13 rings (SSSR count). The van der Waals surface area contributed by atoms with Crippen LogP contribution in [0.25, 0.3) is 120 Å². The first-order chi connectivity index (χ1) is 31.2. The van der Waals surface area contributed by atoms with E-state index < -0.39 is 0 Å². The van der Waals surface area contributed by atoms with E-state index in [2.05, 4.69) is 161 Å². The highest BCUT2D eigenvalue weighted by Crippen LogP contribution is 2.45. The Morgan fingerprint density at radius 2 is 0.810 bits per heavy atom. The van der Waals surface area contributed by atoms with Crippen molar-refractivity contribution in [2.24, 2.45) is 0 Å². The monoisotopic (exact) mass is 821 g/mol. The van der Waals surface area contributed by atoms with E-state index in [0.29, 0.717) is 17.5 Å². The van der Waals surface area contributed by atoms with Gasteiger partial charge in [-0.25, -0.2) is 15.0 Å². The van der Waals surface area contributed by atoms with Crippen LogP contribution in [0, 0.1) is 0 Å². The summed E-state index contributed by atoms with van der Waals surface area (Å²) >= 11 is 1.89. The van der Waals surface area contributed by atoms with E-state index in [9.17, 15) is 0 Å². The number of hydrogen-bond acceptors (Lipinski definition) is 4. The number of nitrogens with zero attached hydrogens (tertiary/aromatic N) is 5. The minimum Gasteiger partial charge on any atom is -0.309 e. The second-order valence-corrected chi connectivity index (χ2v) is 17.1. The fourth-order valence-electron chi connectivity index (χ4n) is 9.47. The second-order valence-electron chi connectivity index (χ2n) is 16.0. The predicted molar refractivity (Wildman–Crippen MR) is 263 cm³/mol. The fourth-order valence-corrected chi connectivity index (χ4v) is 10.7. The molecule has 6 heteroatoms. The maximum absolute atomic E-state index is 5.05. The largest absolute Gasteiger partial charge is 0.309 e. The lowest BCUT2D eigenvalue weighted by Gasteiger charge is -2.12. The molecule has 0 aliphatic rings. The molecule has 0 saturated carbocycles. The number of rotatable bonds is 6. The van der Waals surface area contributed by atoms with Gasteiger partial charge in [-0.05, 0) is 77.9 Å². The average Bonchev–Trinajstić information content (AvgIpc) is 4.02. The predicted octanol–water partition coefficient (Wildman–Crippen LogP) is 15.1. The van der Waals surface area contributed by atoms with Gasteiger partial charge in [0.15, 0.2) is 17.5 Å². The van der Waals surface area contributed by atoms with Crippen molar-refractivity contribution in [2.75, 3.05) is 0 Å². The van der Waals surface area contributed by atoms with Crippen LogP contribution in [-0.2, 0) is 0 Å².